The number of hydrogen-bond acceptors (Lipinski definition) is 4. The van der Waals surface area contributed by atoms with Crippen LogP contribution >= 0.6 is 0 Å². The Balaban J connectivity index is 2.44. The third-order valence-corrected chi connectivity index (χ3v) is 2.13. The summed E-state index contributed by atoms with van der Waals surface area (Å²) >= 11 is 0. The lowest BCUT2D eigenvalue weighted by molar-refractivity contribution is -0.185. The van der Waals surface area contributed by atoms with Gasteiger partial charge in [0.05, 0.1) is 11.6 Å². The average Bonchev–Trinajstić information content (AvgIpc) is 1.87. The van der Waals surface area contributed by atoms with Gasteiger partial charge in [-0.1, -0.05) is 0 Å². The molecule has 1 saturated carbocycles. The van der Waals surface area contributed by atoms with Gasteiger partial charge in [-0.05, 0) is 12.8 Å². The van der Waals surface area contributed by atoms with Gasteiger partial charge in [-0.15, -0.1) is 0 Å². The predicted octanol–water partition coefficient (Wildman–Crippen LogP) is -0.542. The Labute approximate surface area is 66.3 Å². The second-order valence-electron chi connectivity index (χ2n) is 3.10. The van der Waals surface area contributed by atoms with E-state index in [0.717, 1.165) is 0 Å². The first-order valence-corrected chi connectivity index (χ1v) is 3.65. The van der Waals surface area contributed by atoms with Crippen LogP contribution in [0.15, 0.2) is 0 Å². The normalized spacial score (nSPS) is 37.4. The summed E-state index contributed by atoms with van der Waals surface area (Å²) in [5.74, 6) is 0. The summed E-state index contributed by atoms with van der Waals surface area (Å²) in [7, 11) is 3.10. The maximum absolute atomic E-state index is 9.03. The number of hydrogen-bond donors (Lipinski definition) is 2. The molecule has 0 aromatic carbocycles. The van der Waals surface area contributed by atoms with E-state index in [4.69, 9.17) is 20.3 Å². The van der Waals surface area contributed by atoms with Crippen molar-refractivity contribution < 1.29 is 14.6 Å². The largest absolute Gasteiger partial charge is 0.393 e. The number of nitrogens with two attached hydrogens (primary N) is 1. The Morgan fingerprint density at radius 2 is 1.91 bits per heavy atom. The van der Waals surface area contributed by atoms with E-state index >= 15 is 0 Å². The number of rotatable bonds is 3. The fourth-order valence-corrected chi connectivity index (χ4v) is 1.58. The fourth-order valence-electron chi connectivity index (χ4n) is 1.58. The van der Waals surface area contributed by atoms with Gasteiger partial charge in [0.15, 0.2) is 6.29 Å². The lowest BCUT2D eigenvalue weighted by Gasteiger charge is -2.45. The smallest absolute Gasteiger partial charge is 0.174 e. The van der Waals surface area contributed by atoms with E-state index in [9.17, 15) is 0 Å². The highest BCUT2D eigenvalue weighted by molar-refractivity contribution is 5.01. The Kier molecular flexibility index (Phi) is 2.49. The molecule has 0 bridgehead atoms. The molecule has 3 N–H and O–H groups in total. The van der Waals surface area contributed by atoms with Crippen molar-refractivity contribution in [2.24, 2.45) is 5.73 Å². The van der Waals surface area contributed by atoms with Gasteiger partial charge in [0, 0.05) is 14.2 Å². The number of aliphatic hydroxyl groups excluding tert-OH is 1. The molecule has 1 aliphatic rings. The Morgan fingerprint density at radius 3 is 2.18 bits per heavy atom. The van der Waals surface area contributed by atoms with Gasteiger partial charge >= 0.3 is 0 Å². The van der Waals surface area contributed by atoms with E-state index in [2.05, 4.69) is 0 Å². The molecule has 0 heterocycles. The van der Waals surface area contributed by atoms with E-state index in [1.807, 2.05) is 0 Å². The summed E-state index contributed by atoms with van der Waals surface area (Å²) in [5, 5.41) is 9.03. The second kappa shape index (κ2) is 3.06. The van der Waals surface area contributed by atoms with Crippen LogP contribution in [0.4, 0.5) is 0 Å². The molecule has 0 aromatic heterocycles. The summed E-state index contributed by atoms with van der Waals surface area (Å²) in [6.07, 6.45) is 0.428. The predicted molar refractivity (Wildman–Crippen MR) is 40.0 cm³/mol. The average molecular weight is 161 g/mol. The van der Waals surface area contributed by atoms with Gasteiger partial charge in [-0.2, -0.15) is 0 Å². The Bertz CT molecular complexity index is 130. The van der Waals surface area contributed by atoms with Crippen molar-refractivity contribution in [3.63, 3.8) is 0 Å². The zero-order chi connectivity index (χ0) is 8.48. The minimum atomic E-state index is -0.483. The fraction of sp³-hybridized carbons (Fsp3) is 1.00. The molecule has 4 nitrogen and oxygen atoms in total. The highest BCUT2D eigenvalue weighted by Crippen LogP contribution is 2.34. The van der Waals surface area contributed by atoms with Crippen molar-refractivity contribution in [1.82, 2.24) is 0 Å². The first kappa shape index (κ1) is 8.93. The lowest BCUT2D eigenvalue weighted by Crippen LogP contribution is -2.63. The molecule has 0 aliphatic heterocycles. The van der Waals surface area contributed by atoms with E-state index < -0.39 is 11.8 Å². The molecule has 66 valence electrons. The topological polar surface area (TPSA) is 64.7 Å². The molecular formula is C7H15NO3. The van der Waals surface area contributed by atoms with E-state index in [1.165, 1.54) is 0 Å². The van der Waals surface area contributed by atoms with Crippen molar-refractivity contribution >= 4 is 0 Å². The van der Waals surface area contributed by atoms with Gasteiger partial charge in [-0.3, -0.25) is 0 Å². The zero-order valence-electron chi connectivity index (χ0n) is 6.91. The minimum Gasteiger partial charge on any atom is -0.393 e. The van der Waals surface area contributed by atoms with Crippen LogP contribution in [0.3, 0.4) is 0 Å². The van der Waals surface area contributed by atoms with Crippen LogP contribution < -0.4 is 5.73 Å². The molecule has 0 saturated heterocycles. The van der Waals surface area contributed by atoms with Gasteiger partial charge in [0.1, 0.15) is 0 Å². The highest BCUT2D eigenvalue weighted by Gasteiger charge is 2.47. The minimum absolute atomic E-state index is 0.284. The lowest BCUT2D eigenvalue weighted by atomic mass is 9.74. The van der Waals surface area contributed by atoms with Crippen molar-refractivity contribution in [1.29, 1.82) is 0 Å². The van der Waals surface area contributed by atoms with Gasteiger partial charge in [0.25, 0.3) is 0 Å². The molecule has 11 heavy (non-hydrogen) atoms. The zero-order valence-corrected chi connectivity index (χ0v) is 6.91. The van der Waals surface area contributed by atoms with Crippen LogP contribution in [0.25, 0.3) is 0 Å². The quantitative estimate of drug-likeness (QED) is 0.545. The van der Waals surface area contributed by atoms with E-state index in [-0.39, 0.29) is 6.10 Å². The first-order valence-electron chi connectivity index (χ1n) is 3.65. The van der Waals surface area contributed by atoms with Crippen LogP contribution in [0.2, 0.25) is 0 Å². The van der Waals surface area contributed by atoms with Crippen molar-refractivity contribution in [3.8, 4) is 0 Å². The highest BCUT2D eigenvalue weighted by atomic mass is 16.7. The Morgan fingerprint density at radius 1 is 1.45 bits per heavy atom. The molecule has 1 fully saturated rings. The third kappa shape index (κ3) is 1.54. The van der Waals surface area contributed by atoms with Crippen molar-refractivity contribution in [3.05, 3.63) is 0 Å². The maximum atomic E-state index is 9.03. The van der Waals surface area contributed by atoms with Crippen LogP contribution in [-0.4, -0.2) is 37.3 Å². The summed E-state index contributed by atoms with van der Waals surface area (Å²) in [5.41, 5.74) is 5.37. The molecule has 0 atom stereocenters. The van der Waals surface area contributed by atoms with Crippen molar-refractivity contribution in [2.75, 3.05) is 14.2 Å². The molecule has 0 amide bonds. The van der Waals surface area contributed by atoms with E-state index in [0.29, 0.717) is 12.8 Å². The van der Waals surface area contributed by atoms with Crippen LogP contribution in [0.5, 0.6) is 0 Å². The van der Waals surface area contributed by atoms with Crippen LogP contribution in [0.1, 0.15) is 12.8 Å². The van der Waals surface area contributed by atoms with Gasteiger partial charge in [-0.25, -0.2) is 0 Å². The molecule has 1 aliphatic carbocycles. The molecule has 0 radical (unpaired) electrons. The van der Waals surface area contributed by atoms with Crippen LogP contribution in [-0.2, 0) is 9.47 Å². The van der Waals surface area contributed by atoms with Gasteiger partial charge < -0.3 is 20.3 Å². The molecule has 0 unspecified atom stereocenters. The third-order valence-electron chi connectivity index (χ3n) is 2.13. The molecular weight excluding hydrogens is 146 g/mol. The SMILES string of the molecule is COC(OC)C1(N)CC(O)C1. The molecule has 1 rings (SSSR count). The summed E-state index contributed by atoms with van der Waals surface area (Å²) in [6, 6.07) is 0. The summed E-state index contributed by atoms with van der Waals surface area (Å²) in [6.45, 7) is 0. The molecule has 0 aromatic rings. The summed E-state index contributed by atoms with van der Waals surface area (Å²) < 4.78 is 9.99. The molecule has 0 spiro atoms. The first-order chi connectivity index (χ1) is 5.12. The maximum Gasteiger partial charge on any atom is 0.174 e. The monoisotopic (exact) mass is 161 g/mol. The van der Waals surface area contributed by atoms with E-state index in [1.54, 1.807) is 14.2 Å². The van der Waals surface area contributed by atoms with Gasteiger partial charge in [0.2, 0.25) is 0 Å². The number of methoxy groups -OCH3 is 2. The Hall–Kier alpha value is -0.160. The number of ether oxygens (including phenoxy) is 2. The van der Waals surface area contributed by atoms with Crippen LogP contribution in [0, 0.1) is 0 Å². The van der Waals surface area contributed by atoms with Crippen molar-refractivity contribution in [2.45, 2.75) is 30.8 Å². The second-order valence-corrected chi connectivity index (χ2v) is 3.10. The summed E-state index contributed by atoms with van der Waals surface area (Å²) in [4.78, 5) is 0. The number of aliphatic hydroxyl groups is 1. The molecule has 4 heteroatoms. The standard InChI is InChI=1S/C7H15NO3/c1-10-6(11-2)7(8)3-5(9)4-7/h5-6,9H,3-4,8H2,1-2H3.